The molecule has 0 saturated heterocycles. The van der Waals surface area contributed by atoms with E-state index in [0.717, 1.165) is 30.5 Å². The standard InChI is InChI=1S/C28H30ClF6N3/c1-15(2)26(38-10-6-9-36)18(5)21-8-7-19(12-23(21)28(34,35)37)25(30)14-22(27(31,32)33)20-11-16(3)17(4)24(29)13-20/h7-9,11-15,22,36H,5-6,10,37H2,1-4H3/b25-14-,36-9?,38-26?. The number of nitrogens with one attached hydrogen (secondary N) is 1. The summed E-state index contributed by atoms with van der Waals surface area (Å²) in [4.78, 5) is 4.35. The summed E-state index contributed by atoms with van der Waals surface area (Å²) >= 11 is 6.06. The van der Waals surface area contributed by atoms with Gasteiger partial charge in [-0.2, -0.15) is 22.0 Å². The van der Waals surface area contributed by atoms with Gasteiger partial charge in [-0.15, -0.1) is 0 Å². The van der Waals surface area contributed by atoms with Crippen LogP contribution in [0.4, 0.5) is 26.3 Å². The van der Waals surface area contributed by atoms with E-state index in [9.17, 15) is 22.0 Å². The maximum absolute atomic E-state index is 15.2. The van der Waals surface area contributed by atoms with Gasteiger partial charge < -0.3 is 5.41 Å². The third-order valence-corrected chi connectivity index (χ3v) is 6.43. The van der Waals surface area contributed by atoms with Crippen LogP contribution >= 0.6 is 11.6 Å². The Bertz CT molecular complexity index is 1230. The molecule has 206 valence electrons. The average Bonchev–Trinajstić information content (AvgIpc) is 2.81. The molecule has 0 bridgehead atoms. The summed E-state index contributed by atoms with van der Waals surface area (Å²) in [5, 5.41) is 7.22. The number of aryl methyl sites for hydroxylation is 1. The summed E-state index contributed by atoms with van der Waals surface area (Å²) in [5.41, 5.74) is 5.00. The second kappa shape index (κ2) is 12.3. The molecular formula is C28H30ClF6N3. The van der Waals surface area contributed by atoms with Gasteiger partial charge >= 0.3 is 12.2 Å². The third kappa shape index (κ3) is 7.57. The molecule has 10 heteroatoms. The fourth-order valence-electron chi connectivity index (χ4n) is 3.89. The monoisotopic (exact) mass is 557 g/mol. The molecule has 3 nitrogen and oxygen atoms in total. The molecule has 0 heterocycles. The van der Waals surface area contributed by atoms with Gasteiger partial charge in [0.1, 0.15) is 11.7 Å². The second-order valence-corrected chi connectivity index (χ2v) is 9.66. The molecule has 0 fully saturated rings. The Morgan fingerprint density at radius 2 is 1.76 bits per heavy atom. The van der Waals surface area contributed by atoms with Crippen molar-refractivity contribution in [2.24, 2.45) is 16.6 Å². The Hall–Kier alpha value is -2.91. The van der Waals surface area contributed by atoms with Crippen molar-refractivity contribution in [3.63, 3.8) is 0 Å². The lowest BCUT2D eigenvalue weighted by Gasteiger charge is -2.22. The van der Waals surface area contributed by atoms with Crippen LogP contribution in [0.2, 0.25) is 5.02 Å². The van der Waals surface area contributed by atoms with E-state index in [4.69, 9.17) is 22.7 Å². The van der Waals surface area contributed by atoms with Crippen LogP contribution in [0.25, 0.3) is 11.4 Å². The fraction of sp³-hybridized carbons (Fsp3) is 0.357. The Balaban J connectivity index is 2.64. The molecular weight excluding hydrogens is 528 g/mol. The van der Waals surface area contributed by atoms with Crippen molar-refractivity contribution in [3.05, 3.63) is 81.4 Å². The van der Waals surface area contributed by atoms with Crippen molar-refractivity contribution >= 4 is 34.9 Å². The summed E-state index contributed by atoms with van der Waals surface area (Å²) < 4.78 is 86.0. The molecule has 0 aliphatic carbocycles. The zero-order valence-electron chi connectivity index (χ0n) is 21.5. The SMILES string of the molecule is C=C(C(=NCCC=N)C(C)C)c1ccc(/C(F)=C/C(c2cc(C)c(C)c(Cl)c2)C(F)(F)F)cc1C(N)(F)F. The first-order valence-corrected chi connectivity index (χ1v) is 12.1. The van der Waals surface area contributed by atoms with Crippen LogP contribution in [0.3, 0.4) is 0 Å². The van der Waals surface area contributed by atoms with Crippen LogP contribution in [0.1, 0.15) is 59.6 Å². The summed E-state index contributed by atoms with van der Waals surface area (Å²) in [7, 11) is 0. The Kier molecular flexibility index (Phi) is 10.1. The van der Waals surface area contributed by atoms with Gasteiger partial charge in [-0.1, -0.05) is 50.2 Å². The number of benzene rings is 2. The molecule has 3 N–H and O–H groups in total. The predicted octanol–water partition coefficient (Wildman–Crippen LogP) is 8.77. The maximum Gasteiger partial charge on any atom is 0.399 e. The van der Waals surface area contributed by atoms with E-state index < -0.39 is 35.1 Å². The zero-order chi connectivity index (χ0) is 29.0. The number of allylic oxidation sites excluding steroid dienone is 2. The van der Waals surface area contributed by atoms with Gasteiger partial charge in [0.2, 0.25) is 0 Å². The van der Waals surface area contributed by atoms with Crippen molar-refractivity contribution < 1.29 is 26.3 Å². The van der Waals surface area contributed by atoms with E-state index in [2.05, 4.69) is 11.6 Å². The van der Waals surface area contributed by atoms with Crippen molar-refractivity contribution in [3.8, 4) is 0 Å². The van der Waals surface area contributed by atoms with Gasteiger partial charge in [-0.25, -0.2) is 4.39 Å². The number of rotatable bonds is 10. The van der Waals surface area contributed by atoms with Gasteiger partial charge in [0, 0.05) is 34.8 Å². The highest BCUT2D eigenvalue weighted by Crippen LogP contribution is 2.41. The largest absolute Gasteiger partial charge is 0.399 e. The van der Waals surface area contributed by atoms with Crippen molar-refractivity contribution in [2.45, 2.75) is 52.3 Å². The molecule has 0 aliphatic heterocycles. The molecule has 38 heavy (non-hydrogen) atoms. The van der Waals surface area contributed by atoms with Crippen LogP contribution < -0.4 is 5.73 Å². The van der Waals surface area contributed by atoms with E-state index in [-0.39, 0.29) is 34.2 Å². The molecule has 0 saturated carbocycles. The van der Waals surface area contributed by atoms with E-state index in [1.54, 1.807) is 27.7 Å². The van der Waals surface area contributed by atoms with E-state index in [0.29, 0.717) is 29.3 Å². The smallest absolute Gasteiger partial charge is 0.313 e. The average molecular weight is 558 g/mol. The van der Waals surface area contributed by atoms with Crippen LogP contribution in [-0.2, 0) is 6.05 Å². The molecule has 0 radical (unpaired) electrons. The molecule has 2 aromatic carbocycles. The molecule has 0 aliphatic rings. The van der Waals surface area contributed by atoms with Crippen LogP contribution in [0.15, 0.2) is 48.0 Å². The summed E-state index contributed by atoms with van der Waals surface area (Å²) in [6.45, 7) is 10.9. The highest BCUT2D eigenvalue weighted by Gasteiger charge is 2.40. The summed E-state index contributed by atoms with van der Waals surface area (Å²) in [6, 6.07) is 1.40. The van der Waals surface area contributed by atoms with Gasteiger partial charge in [0.15, 0.2) is 0 Å². The number of alkyl halides is 5. The summed E-state index contributed by atoms with van der Waals surface area (Å²) in [5.74, 6) is -3.95. The van der Waals surface area contributed by atoms with Gasteiger partial charge in [-0.3, -0.25) is 10.7 Å². The number of hydrogen-bond acceptors (Lipinski definition) is 3. The lowest BCUT2D eigenvalue weighted by molar-refractivity contribution is -0.139. The van der Waals surface area contributed by atoms with E-state index in [1.165, 1.54) is 6.07 Å². The quantitative estimate of drug-likeness (QED) is 0.130. The van der Waals surface area contributed by atoms with Crippen molar-refractivity contribution in [1.29, 1.82) is 5.41 Å². The van der Waals surface area contributed by atoms with E-state index in [1.807, 2.05) is 0 Å². The Labute approximate surface area is 223 Å². The molecule has 2 aromatic rings. The Morgan fingerprint density at radius 3 is 2.26 bits per heavy atom. The summed E-state index contributed by atoms with van der Waals surface area (Å²) in [6.07, 6.45) is -3.05. The first-order valence-electron chi connectivity index (χ1n) is 11.7. The molecule has 0 spiro atoms. The zero-order valence-corrected chi connectivity index (χ0v) is 22.2. The van der Waals surface area contributed by atoms with Crippen molar-refractivity contribution in [2.75, 3.05) is 6.54 Å². The van der Waals surface area contributed by atoms with Crippen molar-refractivity contribution in [1.82, 2.24) is 0 Å². The number of halogens is 7. The third-order valence-electron chi connectivity index (χ3n) is 6.04. The highest BCUT2D eigenvalue weighted by atomic mass is 35.5. The predicted molar refractivity (Wildman–Crippen MR) is 143 cm³/mol. The van der Waals surface area contributed by atoms with Crippen LogP contribution in [0, 0.1) is 25.2 Å². The molecule has 1 atom stereocenters. The lowest BCUT2D eigenvalue weighted by atomic mass is 9.89. The van der Waals surface area contributed by atoms with Gasteiger partial charge in [0.05, 0.1) is 0 Å². The molecule has 0 amide bonds. The number of nitrogens with zero attached hydrogens (tertiary/aromatic N) is 1. The topological polar surface area (TPSA) is 62.2 Å². The minimum absolute atomic E-state index is 0.0965. The first kappa shape index (κ1) is 31.3. The van der Waals surface area contributed by atoms with Gasteiger partial charge in [-0.05, 0) is 72.0 Å². The second-order valence-electron chi connectivity index (χ2n) is 9.25. The van der Waals surface area contributed by atoms with Gasteiger partial charge in [0.25, 0.3) is 0 Å². The van der Waals surface area contributed by atoms with E-state index >= 15 is 4.39 Å². The number of nitrogens with two attached hydrogens (primary N) is 1. The molecule has 0 aromatic heterocycles. The normalized spacial score (nSPS) is 14.1. The number of aliphatic imine (C=N–C) groups is 1. The highest BCUT2D eigenvalue weighted by molar-refractivity contribution is 6.31. The van der Waals surface area contributed by atoms with Crippen LogP contribution in [0.5, 0.6) is 0 Å². The minimum atomic E-state index is -4.88. The molecule has 2 rings (SSSR count). The number of hydrogen-bond donors (Lipinski definition) is 2. The molecule has 1 unspecified atom stereocenters. The Morgan fingerprint density at radius 1 is 1.13 bits per heavy atom. The maximum atomic E-state index is 15.2. The lowest BCUT2D eigenvalue weighted by Crippen LogP contribution is -2.27. The van der Waals surface area contributed by atoms with Crippen LogP contribution in [-0.4, -0.2) is 24.6 Å². The minimum Gasteiger partial charge on any atom is -0.313 e. The fourth-order valence-corrected chi connectivity index (χ4v) is 4.17. The first-order chi connectivity index (χ1) is 17.5.